The van der Waals surface area contributed by atoms with E-state index in [1.54, 1.807) is 18.9 Å². The third kappa shape index (κ3) is 3.97. The number of rotatable bonds is 4. The number of fused-ring (bicyclic) bond motifs is 3. The molecule has 3 aliphatic heterocycles. The van der Waals surface area contributed by atoms with E-state index >= 15 is 0 Å². The number of carbonyl (C=O) groups excluding carboxylic acids is 2. The van der Waals surface area contributed by atoms with Gasteiger partial charge < -0.3 is 14.5 Å². The molecule has 1 saturated heterocycles. The van der Waals surface area contributed by atoms with E-state index in [9.17, 15) is 9.59 Å². The van der Waals surface area contributed by atoms with Gasteiger partial charge in [0.15, 0.2) is 5.17 Å². The Labute approximate surface area is 196 Å². The molecule has 0 bridgehead atoms. The SMILES string of the molecule is COc1ccccc1N1CCN(C(=O)CSC2=Nc3ccccc3C3=N[C@@H](C)C(=O)N23)CC1. The second kappa shape index (κ2) is 8.90. The molecule has 0 aliphatic carbocycles. The lowest BCUT2D eigenvalue weighted by atomic mass is 10.1. The molecule has 0 saturated carbocycles. The first kappa shape index (κ1) is 21.5. The summed E-state index contributed by atoms with van der Waals surface area (Å²) < 4.78 is 5.47. The molecule has 3 aliphatic rings. The van der Waals surface area contributed by atoms with Gasteiger partial charge in [0.05, 0.1) is 24.2 Å². The number of para-hydroxylation sites is 3. The summed E-state index contributed by atoms with van der Waals surface area (Å²) in [4.78, 5) is 40.6. The predicted octanol–water partition coefficient (Wildman–Crippen LogP) is 2.76. The van der Waals surface area contributed by atoms with Gasteiger partial charge in [-0.2, -0.15) is 0 Å². The van der Waals surface area contributed by atoms with E-state index in [0.29, 0.717) is 24.1 Å². The van der Waals surface area contributed by atoms with E-state index in [0.717, 1.165) is 35.8 Å². The number of aliphatic imine (C=N–C) groups is 2. The van der Waals surface area contributed by atoms with Crippen molar-refractivity contribution >= 4 is 46.0 Å². The third-order valence-corrected chi connectivity index (χ3v) is 6.96. The monoisotopic (exact) mass is 463 g/mol. The van der Waals surface area contributed by atoms with Crippen molar-refractivity contribution in [2.24, 2.45) is 9.98 Å². The maximum atomic E-state index is 13.0. The summed E-state index contributed by atoms with van der Waals surface area (Å²) in [5.74, 6) is 1.62. The molecule has 9 heteroatoms. The molecule has 2 aromatic rings. The quantitative estimate of drug-likeness (QED) is 0.697. The fourth-order valence-corrected chi connectivity index (χ4v) is 5.18. The number of anilines is 1. The molecule has 1 atom stereocenters. The number of carbonyl (C=O) groups is 2. The minimum atomic E-state index is -0.448. The van der Waals surface area contributed by atoms with Crippen molar-refractivity contribution < 1.29 is 14.3 Å². The first-order chi connectivity index (χ1) is 16.1. The van der Waals surface area contributed by atoms with Gasteiger partial charge in [0.25, 0.3) is 5.91 Å². The number of benzene rings is 2. The van der Waals surface area contributed by atoms with Gasteiger partial charge in [0.2, 0.25) is 5.91 Å². The fraction of sp³-hybridized carbons (Fsp3) is 0.333. The lowest BCUT2D eigenvalue weighted by Gasteiger charge is -2.36. The molecular formula is C24H25N5O3S. The number of thioether (sulfide) groups is 1. The van der Waals surface area contributed by atoms with E-state index in [2.05, 4.69) is 14.9 Å². The van der Waals surface area contributed by atoms with Crippen molar-refractivity contribution in [1.29, 1.82) is 0 Å². The van der Waals surface area contributed by atoms with Gasteiger partial charge in [0, 0.05) is 31.7 Å². The molecule has 0 aromatic heterocycles. The highest BCUT2D eigenvalue weighted by molar-refractivity contribution is 8.14. The molecular weight excluding hydrogens is 438 g/mol. The normalized spacial score (nSPS) is 19.6. The van der Waals surface area contributed by atoms with Gasteiger partial charge >= 0.3 is 0 Å². The van der Waals surface area contributed by atoms with Crippen LogP contribution in [0.1, 0.15) is 12.5 Å². The summed E-state index contributed by atoms with van der Waals surface area (Å²) in [5.41, 5.74) is 2.67. The van der Waals surface area contributed by atoms with Crippen LogP contribution in [0.25, 0.3) is 0 Å². The van der Waals surface area contributed by atoms with Crippen LogP contribution in [0.4, 0.5) is 11.4 Å². The van der Waals surface area contributed by atoms with Gasteiger partial charge in [-0.1, -0.05) is 36.0 Å². The number of piperazine rings is 1. The summed E-state index contributed by atoms with van der Waals surface area (Å²) in [6.07, 6.45) is 0. The number of amidine groups is 2. The van der Waals surface area contributed by atoms with Crippen molar-refractivity contribution in [1.82, 2.24) is 9.80 Å². The average Bonchev–Trinajstić information content (AvgIpc) is 3.17. The Bertz CT molecular complexity index is 1160. The Morgan fingerprint density at radius 2 is 1.82 bits per heavy atom. The van der Waals surface area contributed by atoms with Crippen LogP contribution in [-0.4, -0.2) is 77.7 Å². The number of ether oxygens (including phenoxy) is 1. The zero-order chi connectivity index (χ0) is 22.9. The molecule has 8 nitrogen and oxygen atoms in total. The first-order valence-electron chi connectivity index (χ1n) is 10.9. The van der Waals surface area contributed by atoms with E-state index in [1.807, 2.05) is 53.4 Å². The van der Waals surface area contributed by atoms with Crippen molar-refractivity contribution in [3.05, 3.63) is 54.1 Å². The maximum Gasteiger partial charge on any atom is 0.258 e. The van der Waals surface area contributed by atoms with Crippen LogP contribution in [0.15, 0.2) is 58.5 Å². The molecule has 3 heterocycles. The zero-order valence-corrected chi connectivity index (χ0v) is 19.4. The van der Waals surface area contributed by atoms with Crippen LogP contribution >= 0.6 is 11.8 Å². The van der Waals surface area contributed by atoms with Crippen molar-refractivity contribution in [3.8, 4) is 5.75 Å². The Morgan fingerprint density at radius 1 is 1.09 bits per heavy atom. The third-order valence-electron chi connectivity index (χ3n) is 6.04. The minimum Gasteiger partial charge on any atom is -0.495 e. The smallest absolute Gasteiger partial charge is 0.258 e. The summed E-state index contributed by atoms with van der Waals surface area (Å²) in [6.45, 7) is 4.54. The lowest BCUT2D eigenvalue weighted by molar-refractivity contribution is -0.128. The zero-order valence-electron chi connectivity index (χ0n) is 18.6. The van der Waals surface area contributed by atoms with Crippen LogP contribution in [0.3, 0.4) is 0 Å². The van der Waals surface area contributed by atoms with Crippen molar-refractivity contribution in [2.45, 2.75) is 13.0 Å². The second-order valence-electron chi connectivity index (χ2n) is 8.04. The highest BCUT2D eigenvalue weighted by Gasteiger charge is 2.39. The summed E-state index contributed by atoms with van der Waals surface area (Å²) >= 11 is 1.30. The molecule has 5 rings (SSSR count). The minimum absolute atomic E-state index is 0.0411. The Hall–Kier alpha value is -3.33. The number of hydrogen-bond acceptors (Lipinski definition) is 7. The van der Waals surface area contributed by atoms with E-state index in [4.69, 9.17) is 4.74 Å². The Morgan fingerprint density at radius 3 is 2.61 bits per heavy atom. The average molecular weight is 464 g/mol. The van der Waals surface area contributed by atoms with Crippen LogP contribution in [0, 0.1) is 0 Å². The summed E-state index contributed by atoms with van der Waals surface area (Å²) in [7, 11) is 1.67. The summed E-state index contributed by atoms with van der Waals surface area (Å²) in [5, 5.41) is 0.516. The van der Waals surface area contributed by atoms with Gasteiger partial charge in [-0.15, -0.1) is 0 Å². The topological polar surface area (TPSA) is 77.8 Å². The molecule has 33 heavy (non-hydrogen) atoms. The lowest BCUT2D eigenvalue weighted by Crippen LogP contribution is -2.49. The number of nitrogens with zero attached hydrogens (tertiary/aromatic N) is 5. The van der Waals surface area contributed by atoms with Crippen LogP contribution in [-0.2, 0) is 9.59 Å². The standard InChI is InChI=1S/C24H25N5O3S/c1-16-23(31)29-22(25-16)17-7-3-4-8-18(17)26-24(29)33-15-21(30)28-13-11-27(12-14-28)19-9-5-6-10-20(19)32-2/h3-10,16H,11-15H2,1-2H3/t16-/m0/s1. The molecule has 2 aromatic carbocycles. The highest BCUT2D eigenvalue weighted by Crippen LogP contribution is 2.33. The molecule has 170 valence electrons. The Balaban J connectivity index is 1.24. The second-order valence-corrected chi connectivity index (χ2v) is 8.98. The molecule has 1 fully saturated rings. The van der Waals surface area contributed by atoms with Crippen molar-refractivity contribution in [3.63, 3.8) is 0 Å². The van der Waals surface area contributed by atoms with E-state index in [-0.39, 0.29) is 17.6 Å². The highest BCUT2D eigenvalue weighted by atomic mass is 32.2. The largest absolute Gasteiger partial charge is 0.495 e. The van der Waals surface area contributed by atoms with Gasteiger partial charge in [-0.05, 0) is 31.2 Å². The number of amides is 2. The molecule has 0 radical (unpaired) electrons. The molecule has 0 spiro atoms. The summed E-state index contributed by atoms with van der Waals surface area (Å²) in [6, 6.07) is 15.1. The fourth-order valence-electron chi connectivity index (χ4n) is 4.28. The van der Waals surface area contributed by atoms with Crippen LogP contribution < -0.4 is 9.64 Å². The number of hydrogen-bond donors (Lipinski definition) is 0. The Kier molecular flexibility index (Phi) is 5.80. The number of methoxy groups -OCH3 is 1. The first-order valence-corrected chi connectivity index (χ1v) is 11.9. The van der Waals surface area contributed by atoms with E-state index < -0.39 is 6.04 Å². The predicted molar refractivity (Wildman–Crippen MR) is 131 cm³/mol. The van der Waals surface area contributed by atoms with Gasteiger partial charge in [-0.3, -0.25) is 14.6 Å². The molecule has 0 N–H and O–H groups in total. The van der Waals surface area contributed by atoms with E-state index in [1.165, 1.54) is 11.8 Å². The molecule has 0 unspecified atom stereocenters. The molecule has 2 amide bonds. The van der Waals surface area contributed by atoms with Crippen LogP contribution in [0.5, 0.6) is 5.75 Å². The van der Waals surface area contributed by atoms with Gasteiger partial charge in [0.1, 0.15) is 17.6 Å². The van der Waals surface area contributed by atoms with Crippen LogP contribution in [0.2, 0.25) is 0 Å². The van der Waals surface area contributed by atoms with Crippen molar-refractivity contribution in [2.75, 3.05) is 43.9 Å². The maximum absolute atomic E-state index is 13.0. The van der Waals surface area contributed by atoms with Gasteiger partial charge in [-0.25, -0.2) is 9.89 Å².